The third-order valence-electron chi connectivity index (χ3n) is 3.58. The Morgan fingerprint density at radius 1 is 1.00 bits per heavy atom. The minimum atomic E-state index is -0.180. The Bertz CT molecular complexity index is 611. The van der Waals surface area contributed by atoms with Gasteiger partial charge in [0.15, 0.2) is 11.5 Å². The van der Waals surface area contributed by atoms with Gasteiger partial charge in [-0.3, -0.25) is 0 Å². The SMILES string of the molecule is COc1cc(C)c(C(N)c2ccc(SC)cc2)cc1OC. The third kappa shape index (κ3) is 3.34. The van der Waals surface area contributed by atoms with Gasteiger partial charge in [0.05, 0.1) is 20.3 Å². The van der Waals surface area contributed by atoms with E-state index in [9.17, 15) is 0 Å². The van der Waals surface area contributed by atoms with E-state index >= 15 is 0 Å². The largest absolute Gasteiger partial charge is 0.493 e. The van der Waals surface area contributed by atoms with E-state index in [1.54, 1.807) is 26.0 Å². The normalized spacial score (nSPS) is 12.0. The average Bonchev–Trinajstić information content (AvgIpc) is 2.54. The number of hydrogen-bond acceptors (Lipinski definition) is 4. The second-order valence-corrected chi connectivity index (χ2v) is 5.69. The predicted molar refractivity (Wildman–Crippen MR) is 88.5 cm³/mol. The lowest BCUT2D eigenvalue weighted by Gasteiger charge is -2.18. The van der Waals surface area contributed by atoms with E-state index in [4.69, 9.17) is 15.2 Å². The molecule has 0 aliphatic heterocycles. The fraction of sp³-hybridized carbons (Fsp3) is 0.294. The summed E-state index contributed by atoms with van der Waals surface area (Å²) in [6, 6.07) is 12.1. The molecule has 1 atom stereocenters. The molecule has 2 N–H and O–H groups in total. The first-order chi connectivity index (χ1) is 10.1. The van der Waals surface area contributed by atoms with E-state index in [0.717, 1.165) is 22.4 Å². The molecule has 1 unspecified atom stereocenters. The first-order valence-corrected chi connectivity index (χ1v) is 7.95. The second kappa shape index (κ2) is 6.87. The molecule has 0 aromatic heterocycles. The molecule has 0 amide bonds. The van der Waals surface area contributed by atoms with Crippen molar-refractivity contribution in [3.05, 3.63) is 53.1 Å². The van der Waals surface area contributed by atoms with Gasteiger partial charge in [0.25, 0.3) is 0 Å². The minimum absolute atomic E-state index is 0.180. The summed E-state index contributed by atoms with van der Waals surface area (Å²) in [6.07, 6.45) is 2.06. The zero-order valence-corrected chi connectivity index (χ0v) is 13.7. The molecule has 21 heavy (non-hydrogen) atoms. The van der Waals surface area contributed by atoms with Gasteiger partial charge in [0, 0.05) is 4.90 Å². The molecule has 0 heterocycles. The third-order valence-corrected chi connectivity index (χ3v) is 4.33. The van der Waals surface area contributed by atoms with Crippen LogP contribution in [0.1, 0.15) is 22.7 Å². The number of nitrogens with two attached hydrogens (primary N) is 1. The lowest BCUT2D eigenvalue weighted by molar-refractivity contribution is 0.354. The van der Waals surface area contributed by atoms with Gasteiger partial charge in [-0.15, -0.1) is 11.8 Å². The molecule has 0 fully saturated rings. The molecule has 0 aliphatic rings. The van der Waals surface area contributed by atoms with Gasteiger partial charge in [-0.05, 0) is 54.1 Å². The molecule has 0 saturated heterocycles. The maximum absolute atomic E-state index is 6.42. The summed E-state index contributed by atoms with van der Waals surface area (Å²) >= 11 is 1.72. The summed E-state index contributed by atoms with van der Waals surface area (Å²) in [5.41, 5.74) is 9.64. The average molecular weight is 303 g/mol. The van der Waals surface area contributed by atoms with Gasteiger partial charge in [-0.1, -0.05) is 12.1 Å². The number of hydrogen-bond donors (Lipinski definition) is 1. The Labute approximate surface area is 130 Å². The highest BCUT2D eigenvalue weighted by Crippen LogP contribution is 2.34. The quantitative estimate of drug-likeness (QED) is 0.854. The van der Waals surface area contributed by atoms with E-state index in [-0.39, 0.29) is 6.04 Å². The van der Waals surface area contributed by atoms with Crippen LogP contribution in [0.2, 0.25) is 0 Å². The molecule has 112 valence electrons. The van der Waals surface area contributed by atoms with Crippen LogP contribution in [-0.4, -0.2) is 20.5 Å². The van der Waals surface area contributed by atoms with E-state index in [2.05, 4.69) is 30.5 Å². The second-order valence-electron chi connectivity index (χ2n) is 4.81. The van der Waals surface area contributed by atoms with Crippen LogP contribution in [0.5, 0.6) is 11.5 Å². The van der Waals surface area contributed by atoms with Crippen molar-refractivity contribution in [2.45, 2.75) is 17.9 Å². The first-order valence-electron chi connectivity index (χ1n) is 6.72. The van der Waals surface area contributed by atoms with Crippen LogP contribution in [0.3, 0.4) is 0 Å². The van der Waals surface area contributed by atoms with E-state index < -0.39 is 0 Å². The smallest absolute Gasteiger partial charge is 0.161 e. The van der Waals surface area contributed by atoms with Gasteiger partial charge in [0.2, 0.25) is 0 Å². The predicted octanol–water partition coefficient (Wildman–Crippen LogP) is 3.78. The molecule has 2 aromatic carbocycles. The van der Waals surface area contributed by atoms with Crippen molar-refractivity contribution < 1.29 is 9.47 Å². The zero-order valence-electron chi connectivity index (χ0n) is 12.8. The molecule has 4 heteroatoms. The number of thioether (sulfide) groups is 1. The molecule has 0 bridgehead atoms. The maximum Gasteiger partial charge on any atom is 0.161 e. The standard InChI is InChI=1S/C17H21NO2S/c1-11-9-15(19-2)16(20-3)10-14(11)17(18)12-5-7-13(21-4)8-6-12/h5-10,17H,18H2,1-4H3. The summed E-state index contributed by atoms with van der Waals surface area (Å²) in [6.45, 7) is 2.04. The minimum Gasteiger partial charge on any atom is -0.493 e. The number of ether oxygens (including phenoxy) is 2. The van der Waals surface area contributed by atoms with Crippen LogP contribution in [0.4, 0.5) is 0 Å². The van der Waals surface area contributed by atoms with Crippen molar-refractivity contribution in [2.24, 2.45) is 5.73 Å². The summed E-state index contributed by atoms with van der Waals surface area (Å²) in [5.74, 6) is 1.43. The Balaban J connectivity index is 2.39. The van der Waals surface area contributed by atoms with Crippen molar-refractivity contribution in [3.8, 4) is 11.5 Å². The molecular weight excluding hydrogens is 282 g/mol. The fourth-order valence-electron chi connectivity index (χ4n) is 2.32. The summed E-state index contributed by atoms with van der Waals surface area (Å²) in [4.78, 5) is 1.23. The summed E-state index contributed by atoms with van der Waals surface area (Å²) < 4.78 is 10.7. The zero-order chi connectivity index (χ0) is 15.4. The number of rotatable bonds is 5. The molecule has 0 radical (unpaired) electrons. The molecule has 2 aromatic rings. The van der Waals surface area contributed by atoms with Crippen molar-refractivity contribution in [2.75, 3.05) is 20.5 Å². The van der Waals surface area contributed by atoms with Crippen molar-refractivity contribution >= 4 is 11.8 Å². The highest BCUT2D eigenvalue weighted by molar-refractivity contribution is 7.98. The highest BCUT2D eigenvalue weighted by atomic mass is 32.2. The monoisotopic (exact) mass is 303 g/mol. The van der Waals surface area contributed by atoms with Gasteiger partial charge >= 0.3 is 0 Å². The van der Waals surface area contributed by atoms with Crippen LogP contribution in [0, 0.1) is 6.92 Å². The van der Waals surface area contributed by atoms with Crippen LogP contribution >= 0.6 is 11.8 Å². The van der Waals surface area contributed by atoms with Crippen LogP contribution < -0.4 is 15.2 Å². The van der Waals surface area contributed by atoms with Crippen LogP contribution in [0.15, 0.2) is 41.3 Å². The lowest BCUT2D eigenvalue weighted by atomic mass is 9.95. The first kappa shape index (κ1) is 15.7. The number of benzene rings is 2. The molecule has 2 rings (SSSR count). The number of aryl methyl sites for hydroxylation is 1. The molecular formula is C17H21NO2S. The van der Waals surface area contributed by atoms with Crippen molar-refractivity contribution in [3.63, 3.8) is 0 Å². The lowest BCUT2D eigenvalue weighted by Crippen LogP contribution is -2.13. The van der Waals surface area contributed by atoms with E-state index in [1.807, 2.05) is 19.1 Å². The summed E-state index contributed by atoms with van der Waals surface area (Å²) in [7, 11) is 3.27. The Kier molecular flexibility index (Phi) is 5.15. The Hall–Kier alpha value is -1.65. The van der Waals surface area contributed by atoms with Crippen LogP contribution in [-0.2, 0) is 0 Å². The molecule has 3 nitrogen and oxygen atoms in total. The van der Waals surface area contributed by atoms with Gasteiger partial charge in [-0.25, -0.2) is 0 Å². The molecule has 0 spiro atoms. The van der Waals surface area contributed by atoms with Gasteiger partial charge in [-0.2, -0.15) is 0 Å². The van der Waals surface area contributed by atoms with Gasteiger partial charge in [0.1, 0.15) is 0 Å². The maximum atomic E-state index is 6.42. The van der Waals surface area contributed by atoms with Crippen molar-refractivity contribution in [1.29, 1.82) is 0 Å². The number of methoxy groups -OCH3 is 2. The topological polar surface area (TPSA) is 44.5 Å². The Morgan fingerprint density at radius 3 is 2.10 bits per heavy atom. The molecule has 0 aliphatic carbocycles. The van der Waals surface area contributed by atoms with Gasteiger partial charge < -0.3 is 15.2 Å². The van der Waals surface area contributed by atoms with Crippen LogP contribution in [0.25, 0.3) is 0 Å². The van der Waals surface area contributed by atoms with Crippen molar-refractivity contribution in [1.82, 2.24) is 0 Å². The Morgan fingerprint density at radius 2 is 1.57 bits per heavy atom. The highest BCUT2D eigenvalue weighted by Gasteiger charge is 2.15. The van der Waals surface area contributed by atoms with E-state index in [0.29, 0.717) is 5.75 Å². The fourth-order valence-corrected chi connectivity index (χ4v) is 2.73. The summed E-state index contributed by atoms with van der Waals surface area (Å²) in [5, 5.41) is 0. The molecule has 0 saturated carbocycles. The van der Waals surface area contributed by atoms with E-state index in [1.165, 1.54) is 4.90 Å².